The van der Waals surface area contributed by atoms with Crippen molar-refractivity contribution in [2.24, 2.45) is 0 Å². The molecule has 4 rings (SSSR count). The van der Waals surface area contributed by atoms with Gasteiger partial charge in [0.25, 0.3) is 0 Å². The van der Waals surface area contributed by atoms with Crippen LogP contribution in [0.4, 0.5) is 36.7 Å². The number of pyridine rings is 1. The molecule has 154 valence electrons. The fourth-order valence-corrected chi connectivity index (χ4v) is 3.55. The Balaban J connectivity index is 2.11. The Hall–Kier alpha value is -3.87. The molecule has 30 heavy (non-hydrogen) atoms. The number of carbonyl (C=O) groups excluding carboxylic acids is 1. The molecule has 0 unspecified atom stereocenters. The third-order valence-corrected chi connectivity index (χ3v) is 5.06. The average molecular weight is 432 g/mol. The van der Waals surface area contributed by atoms with Gasteiger partial charge in [0.15, 0.2) is 23.1 Å². The maximum Gasteiger partial charge on any atom is 0.420 e. The molecule has 0 aliphatic carbocycles. The minimum Gasteiger partial charge on any atom is -0.452 e. The molecule has 0 aromatic carbocycles. The first-order valence-electron chi connectivity index (χ1n) is 8.36. The molecule has 0 bridgehead atoms. The number of rotatable bonds is 3. The number of halogens is 2. The lowest BCUT2D eigenvalue weighted by Gasteiger charge is -2.21. The minimum atomic E-state index is -0.941. The molecule has 4 aromatic heterocycles. The lowest BCUT2D eigenvalue weighted by Crippen LogP contribution is -2.29. The van der Waals surface area contributed by atoms with Crippen LogP contribution < -0.4 is 16.4 Å². The smallest absolute Gasteiger partial charge is 0.420 e. The Kier molecular flexibility index (Phi) is 4.66. The highest BCUT2D eigenvalue weighted by Gasteiger charge is 2.32. The number of aromatic nitrogens is 5. The zero-order chi connectivity index (χ0) is 21.6. The topological polar surface area (TPSA) is 138 Å². The second-order valence-electron chi connectivity index (χ2n) is 6.04. The summed E-state index contributed by atoms with van der Waals surface area (Å²) in [4.78, 5) is 25.4. The Morgan fingerprint density at radius 3 is 2.53 bits per heavy atom. The van der Waals surface area contributed by atoms with E-state index in [1.165, 1.54) is 18.4 Å². The van der Waals surface area contributed by atoms with E-state index in [0.29, 0.717) is 0 Å². The van der Waals surface area contributed by atoms with Crippen LogP contribution in [0.3, 0.4) is 0 Å². The number of nitrogens with zero attached hydrogens (tertiary/aromatic N) is 6. The molecule has 0 saturated carbocycles. The highest BCUT2D eigenvalue weighted by molar-refractivity contribution is 7.08. The number of amides is 1. The molecule has 0 spiro atoms. The SMILES string of the molecule is COC(=O)N(c1c(N)ncnc1N)c1nn(-c2ccsc2F)c2ncc(F)c(C)c12. The molecule has 13 heteroatoms. The fraction of sp³-hybridized carbons (Fsp3) is 0.118. The van der Waals surface area contributed by atoms with E-state index in [0.717, 1.165) is 40.6 Å². The van der Waals surface area contributed by atoms with Crippen molar-refractivity contribution in [1.29, 1.82) is 0 Å². The molecule has 0 aliphatic rings. The van der Waals surface area contributed by atoms with E-state index in [1.54, 1.807) is 0 Å². The number of anilines is 4. The number of nitrogen functional groups attached to an aromatic ring is 2. The normalized spacial score (nSPS) is 11.1. The van der Waals surface area contributed by atoms with E-state index >= 15 is 0 Å². The quantitative estimate of drug-likeness (QED) is 0.504. The number of nitrogens with two attached hydrogens (primary N) is 2. The van der Waals surface area contributed by atoms with E-state index in [4.69, 9.17) is 16.2 Å². The van der Waals surface area contributed by atoms with Gasteiger partial charge in [-0.05, 0) is 18.4 Å². The van der Waals surface area contributed by atoms with E-state index in [2.05, 4.69) is 20.1 Å². The predicted molar refractivity (Wildman–Crippen MR) is 107 cm³/mol. The van der Waals surface area contributed by atoms with Gasteiger partial charge in [0, 0.05) is 5.56 Å². The molecule has 1 amide bonds. The number of fused-ring (bicyclic) bond motifs is 1. The monoisotopic (exact) mass is 432 g/mol. The molecule has 4 N–H and O–H groups in total. The van der Waals surface area contributed by atoms with Crippen molar-refractivity contribution in [3.63, 3.8) is 0 Å². The van der Waals surface area contributed by atoms with Gasteiger partial charge in [-0.25, -0.2) is 33.7 Å². The number of hydrogen-bond donors (Lipinski definition) is 2. The summed E-state index contributed by atoms with van der Waals surface area (Å²) in [5, 5.41) is 5.45. The third-order valence-electron chi connectivity index (χ3n) is 4.37. The second-order valence-corrected chi connectivity index (χ2v) is 6.91. The number of methoxy groups -OCH3 is 1. The first kappa shape index (κ1) is 19.4. The second kappa shape index (κ2) is 7.18. The Morgan fingerprint density at radius 2 is 1.93 bits per heavy atom. The standard InChI is InChI=1S/C17H14F2N8O2S/c1-7-8(18)5-22-15-10(7)16(25-27(15)9-3-4-30-12(9)19)26(17(28)29-2)11-13(20)23-6-24-14(11)21/h3-6H,1-2H3,(H4,20,21,23,24). The van der Waals surface area contributed by atoms with Crippen LogP contribution in [0.25, 0.3) is 16.7 Å². The van der Waals surface area contributed by atoms with E-state index in [-0.39, 0.29) is 45.4 Å². The summed E-state index contributed by atoms with van der Waals surface area (Å²) in [6.07, 6.45) is 1.16. The van der Waals surface area contributed by atoms with Gasteiger partial charge in [-0.15, -0.1) is 16.4 Å². The summed E-state index contributed by atoms with van der Waals surface area (Å²) in [7, 11) is 1.13. The number of aryl methyl sites for hydroxylation is 1. The summed E-state index contributed by atoms with van der Waals surface area (Å²) >= 11 is 0.850. The van der Waals surface area contributed by atoms with Crippen LogP contribution >= 0.6 is 11.3 Å². The lowest BCUT2D eigenvalue weighted by molar-refractivity contribution is 0.181. The molecule has 10 nitrogen and oxygen atoms in total. The van der Waals surface area contributed by atoms with Crippen molar-refractivity contribution >= 4 is 51.6 Å². The number of carbonyl (C=O) groups is 1. The average Bonchev–Trinajstić information content (AvgIpc) is 3.30. The zero-order valence-corrected chi connectivity index (χ0v) is 16.4. The van der Waals surface area contributed by atoms with Gasteiger partial charge in [0.2, 0.25) is 5.13 Å². The van der Waals surface area contributed by atoms with Crippen molar-refractivity contribution in [2.45, 2.75) is 6.92 Å². The molecular weight excluding hydrogens is 418 g/mol. The predicted octanol–water partition coefficient (Wildman–Crippen LogP) is 2.93. The van der Waals surface area contributed by atoms with Crippen LogP contribution in [0.1, 0.15) is 5.56 Å². The van der Waals surface area contributed by atoms with Crippen LogP contribution in [0.15, 0.2) is 24.0 Å². The van der Waals surface area contributed by atoms with Crippen molar-refractivity contribution in [3.05, 3.63) is 40.5 Å². The van der Waals surface area contributed by atoms with Crippen LogP contribution in [0.5, 0.6) is 0 Å². The van der Waals surface area contributed by atoms with Gasteiger partial charge in [0.1, 0.15) is 23.5 Å². The van der Waals surface area contributed by atoms with E-state index in [1.807, 2.05) is 0 Å². The fourth-order valence-electron chi connectivity index (χ4n) is 2.96. The Labute approximate surface area is 171 Å². The van der Waals surface area contributed by atoms with Gasteiger partial charge in [-0.2, -0.15) is 4.39 Å². The summed E-state index contributed by atoms with van der Waals surface area (Å²) in [6.45, 7) is 1.47. The molecule has 0 aliphatic heterocycles. The minimum absolute atomic E-state index is 0.0739. The van der Waals surface area contributed by atoms with E-state index in [9.17, 15) is 13.6 Å². The maximum atomic E-state index is 14.4. The number of ether oxygens (including phenoxy) is 1. The molecular formula is C17H14F2N8O2S. The Bertz CT molecular complexity index is 1270. The first-order valence-corrected chi connectivity index (χ1v) is 9.24. The van der Waals surface area contributed by atoms with Crippen molar-refractivity contribution < 1.29 is 18.3 Å². The van der Waals surface area contributed by atoms with Gasteiger partial charge < -0.3 is 16.2 Å². The van der Waals surface area contributed by atoms with Crippen molar-refractivity contribution in [1.82, 2.24) is 24.7 Å². The molecule has 4 heterocycles. The molecule has 0 radical (unpaired) electrons. The highest BCUT2D eigenvalue weighted by atomic mass is 32.1. The van der Waals surface area contributed by atoms with Crippen LogP contribution in [-0.4, -0.2) is 37.9 Å². The van der Waals surface area contributed by atoms with Crippen LogP contribution in [0, 0.1) is 17.9 Å². The summed E-state index contributed by atoms with van der Waals surface area (Å²) in [6, 6.07) is 1.48. The molecule has 4 aromatic rings. The zero-order valence-electron chi connectivity index (χ0n) is 15.6. The van der Waals surface area contributed by atoms with Crippen LogP contribution in [0.2, 0.25) is 0 Å². The summed E-state index contributed by atoms with van der Waals surface area (Å²) < 4.78 is 34.7. The van der Waals surface area contributed by atoms with Gasteiger partial charge in [-0.3, -0.25) is 0 Å². The number of thiophene rings is 1. The Morgan fingerprint density at radius 1 is 1.23 bits per heavy atom. The van der Waals surface area contributed by atoms with E-state index < -0.39 is 17.0 Å². The van der Waals surface area contributed by atoms with Crippen LogP contribution in [-0.2, 0) is 4.74 Å². The van der Waals surface area contributed by atoms with Crippen molar-refractivity contribution in [3.8, 4) is 5.69 Å². The van der Waals surface area contributed by atoms with Gasteiger partial charge in [0.05, 0.1) is 18.7 Å². The first-order chi connectivity index (χ1) is 14.3. The summed E-state index contributed by atoms with van der Waals surface area (Å²) in [5.41, 5.74) is 12.1. The summed E-state index contributed by atoms with van der Waals surface area (Å²) in [5.74, 6) is -1.05. The molecule has 0 fully saturated rings. The van der Waals surface area contributed by atoms with Crippen molar-refractivity contribution in [2.75, 3.05) is 23.5 Å². The van der Waals surface area contributed by atoms with Gasteiger partial charge >= 0.3 is 6.09 Å². The lowest BCUT2D eigenvalue weighted by atomic mass is 10.2. The maximum absolute atomic E-state index is 14.4. The van der Waals surface area contributed by atoms with Gasteiger partial charge in [-0.1, -0.05) is 0 Å². The number of hydrogen-bond acceptors (Lipinski definition) is 9. The molecule has 0 atom stereocenters. The third kappa shape index (κ3) is 2.86. The largest absolute Gasteiger partial charge is 0.452 e. The highest BCUT2D eigenvalue weighted by Crippen LogP contribution is 2.39. The molecule has 0 saturated heterocycles.